The van der Waals surface area contributed by atoms with E-state index >= 15 is 0 Å². The Morgan fingerprint density at radius 1 is 0.571 bits per heavy atom. The summed E-state index contributed by atoms with van der Waals surface area (Å²) in [5.41, 5.74) is 0. The Balaban J connectivity index is 0. The molecule has 2 radical (unpaired) electrons. The Kier molecular flexibility index (Phi) is 7.50. The van der Waals surface area contributed by atoms with Gasteiger partial charge in [-0.1, -0.05) is 0 Å². The van der Waals surface area contributed by atoms with Crippen molar-refractivity contribution >= 4 is 59.1 Å². The van der Waals surface area contributed by atoms with E-state index in [2.05, 4.69) is 0 Å². The molecule has 0 aromatic heterocycles. The van der Waals surface area contributed by atoms with Crippen molar-refractivity contribution in [2.75, 3.05) is 0 Å². The van der Waals surface area contributed by atoms with Gasteiger partial charge in [-0.15, -0.1) is 0 Å². The van der Waals surface area contributed by atoms with Gasteiger partial charge in [0.2, 0.25) is 23.3 Å². The number of aromatic hydroxyl groups is 2. The zero-order valence-corrected chi connectivity index (χ0v) is 11.4. The van der Waals surface area contributed by atoms with E-state index in [1.165, 1.54) is 0 Å². The van der Waals surface area contributed by atoms with Gasteiger partial charge in [0, 0.05) is 59.1 Å². The van der Waals surface area contributed by atoms with Crippen LogP contribution in [0.4, 0.5) is 17.6 Å². The molecule has 1 aromatic rings. The Morgan fingerprint density at radius 3 is 0.857 bits per heavy atom. The third kappa shape index (κ3) is 2.77. The molecule has 0 spiro atoms. The first kappa shape index (κ1) is 17.0. The SMILES string of the molecule is Oc1c(F)c(F)c(O)c(F)c1F.[Na].[Na]. The van der Waals surface area contributed by atoms with Crippen molar-refractivity contribution < 1.29 is 27.8 Å². The average molecular weight is 228 g/mol. The van der Waals surface area contributed by atoms with Crippen molar-refractivity contribution in [2.24, 2.45) is 0 Å². The van der Waals surface area contributed by atoms with Gasteiger partial charge in [-0.05, 0) is 0 Å². The van der Waals surface area contributed by atoms with Crippen LogP contribution in [0, 0.1) is 23.3 Å². The first-order valence-electron chi connectivity index (χ1n) is 2.70. The summed E-state index contributed by atoms with van der Waals surface area (Å²) in [6.45, 7) is 0. The van der Waals surface area contributed by atoms with Crippen molar-refractivity contribution in [3.8, 4) is 11.5 Å². The van der Waals surface area contributed by atoms with Crippen molar-refractivity contribution in [1.29, 1.82) is 0 Å². The molecule has 0 aliphatic rings. The largest absolute Gasteiger partial charge is 0.503 e. The van der Waals surface area contributed by atoms with E-state index in [0.29, 0.717) is 0 Å². The number of benzene rings is 1. The van der Waals surface area contributed by atoms with Crippen LogP contribution >= 0.6 is 0 Å². The summed E-state index contributed by atoms with van der Waals surface area (Å²) < 4.78 is 49.0. The van der Waals surface area contributed by atoms with E-state index in [1.807, 2.05) is 0 Å². The van der Waals surface area contributed by atoms with Gasteiger partial charge in [0.25, 0.3) is 0 Å². The molecule has 0 amide bonds. The quantitative estimate of drug-likeness (QED) is 0.299. The molecule has 2 N–H and O–H groups in total. The fourth-order valence-corrected chi connectivity index (χ4v) is 0.609. The van der Waals surface area contributed by atoms with Crippen LogP contribution in [0.25, 0.3) is 0 Å². The molecule has 0 aliphatic carbocycles. The van der Waals surface area contributed by atoms with Crippen LogP contribution < -0.4 is 0 Å². The Hall–Kier alpha value is 0.540. The second kappa shape index (κ2) is 6.19. The summed E-state index contributed by atoms with van der Waals surface area (Å²) in [5.74, 6) is -11.7. The topological polar surface area (TPSA) is 40.5 Å². The summed E-state index contributed by atoms with van der Waals surface area (Å²) >= 11 is 0. The maximum Gasteiger partial charge on any atom is 0.207 e. The predicted octanol–water partition coefficient (Wildman–Crippen LogP) is 0.893. The van der Waals surface area contributed by atoms with Crippen molar-refractivity contribution in [1.82, 2.24) is 0 Å². The Labute approximate surface area is 121 Å². The second-order valence-electron chi connectivity index (χ2n) is 1.95. The fourth-order valence-electron chi connectivity index (χ4n) is 0.609. The molecule has 1 rings (SSSR count). The van der Waals surface area contributed by atoms with Crippen molar-refractivity contribution in [3.63, 3.8) is 0 Å². The van der Waals surface area contributed by atoms with Crippen LogP contribution in [0.5, 0.6) is 11.5 Å². The molecule has 8 heteroatoms. The van der Waals surface area contributed by atoms with Crippen LogP contribution in [0.2, 0.25) is 0 Å². The van der Waals surface area contributed by atoms with Crippen LogP contribution in [0.15, 0.2) is 0 Å². The number of hydrogen-bond acceptors (Lipinski definition) is 2. The van der Waals surface area contributed by atoms with E-state index in [4.69, 9.17) is 10.2 Å². The Morgan fingerprint density at radius 2 is 0.714 bits per heavy atom. The molecule has 0 heterocycles. The van der Waals surface area contributed by atoms with Gasteiger partial charge in [-0.2, -0.15) is 17.6 Å². The third-order valence-electron chi connectivity index (χ3n) is 1.22. The smallest absolute Gasteiger partial charge is 0.207 e. The summed E-state index contributed by atoms with van der Waals surface area (Å²) in [5, 5.41) is 16.7. The van der Waals surface area contributed by atoms with Crippen molar-refractivity contribution in [3.05, 3.63) is 23.3 Å². The number of halogens is 4. The molecule has 68 valence electrons. The Bertz CT molecular complexity index is 240. The van der Waals surface area contributed by atoms with Gasteiger partial charge in [0.15, 0.2) is 11.5 Å². The monoisotopic (exact) mass is 228 g/mol. The minimum Gasteiger partial charge on any atom is -0.503 e. The molecule has 0 unspecified atom stereocenters. The first-order valence-corrected chi connectivity index (χ1v) is 2.70. The molecule has 2 nitrogen and oxygen atoms in total. The minimum atomic E-state index is -2.02. The number of phenolic OH excluding ortho intramolecular Hbond substituents is 2. The van der Waals surface area contributed by atoms with Gasteiger partial charge in [0.1, 0.15) is 0 Å². The van der Waals surface area contributed by atoms with Gasteiger partial charge in [-0.3, -0.25) is 0 Å². The maximum atomic E-state index is 12.2. The number of hydrogen-bond donors (Lipinski definition) is 2. The summed E-state index contributed by atoms with van der Waals surface area (Å²) in [6, 6.07) is 0. The maximum absolute atomic E-state index is 12.2. The van der Waals surface area contributed by atoms with E-state index in [-0.39, 0.29) is 59.1 Å². The molecule has 0 atom stereocenters. The van der Waals surface area contributed by atoms with E-state index in [9.17, 15) is 17.6 Å². The third-order valence-corrected chi connectivity index (χ3v) is 1.22. The van der Waals surface area contributed by atoms with E-state index in [1.54, 1.807) is 0 Å². The standard InChI is InChI=1S/C6H2F4O2.2Na/c7-1-2(8)6(12)4(10)3(9)5(1)11;;/h11-12H;;. The van der Waals surface area contributed by atoms with Gasteiger partial charge in [-0.25, -0.2) is 0 Å². The molecular formula is C6H2F4Na2O2. The summed E-state index contributed by atoms with van der Waals surface area (Å²) in [6.07, 6.45) is 0. The molecule has 0 aliphatic heterocycles. The molecule has 14 heavy (non-hydrogen) atoms. The van der Waals surface area contributed by atoms with E-state index < -0.39 is 34.8 Å². The van der Waals surface area contributed by atoms with Crippen molar-refractivity contribution in [2.45, 2.75) is 0 Å². The zero-order valence-electron chi connectivity index (χ0n) is 7.41. The zero-order chi connectivity index (χ0) is 9.46. The molecule has 0 saturated carbocycles. The van der Waals surface area contributed by atoms with Crippen LogP contribution in [-0.4, -0.2) is 69.3 Å². The first-order chi connectivity index (χ1) is 5.46. The average Bonchev–Trinajstić information content (AvgIpc) is 2.08. The van der Waals surface area contributed by atoms with Gasteiger partial charge >= 0.3 is 0 Å². The minimum absolute atomic E-state index is 0. The molecular weight excluding hydrogens is 226 g/mol. The molecule has 1 aromatic carbocycles. The summed E-state index contributed by atoms with van der Waals surface area (Å²) in [7, 11) is 0. The summed E-state index contributed by atoms with van der Waals surface area (Å²) in [4.78, 5) is 0. The number of phenols is 2. The normalized spacial score (nSPS) is 8.86. The fraction of sp³-hybridized carbons (Fsp3) is 0. The van der Waals surface area contributed by atoms with E-state index in [0.717, 1.165) is 0 Å². The number of rotatable bonds is 0. The van der Waals surface area contributed by atoms with Gasteiger partial charge in [0.05, 0.1) is 0 Å². The van der Waals surface area contributed by atoms with Gasteiger partial charge < -0.3 is 10.2 Å². The molecule has 0 fully saturated rings. The molecule has 0 bridgehead atoms. The predicted molar refractivity (Wildman–Crippen MR) is 41.1 cm³/mol. The van der Waals surface area contributed by atoms with Crippen LogP contribution in [0.3, 0.4) is 0 Å². The second-order valence-corrected chi connectivity index (χ2v) is 1.95. The van der Waals surface area contributed by atoms with Crippen LogP contribution in [-0.2, 0) is 0 Å². The molecule has 0 saturated heterocycles. The van der Waals surface area contributed by atoms with Crippen LogP contribution in [0.1, 0.15) is 0 Å².